The van der Waals surface area contributed by atoms with Crippen molar-refractivity contribution in [3.05, 3.63) is 12.2 Å². The van der Waals surface area contributed by atoms with E-state index in [1.807, 2.05) is 0 Å². The number of aliphatic hydroxyl groups is 1. The lowest BCUT2D eigenvalue weighted by molar-refractivity contribution is -0.161. The van der Waals surface area contributed by atoms with Gasteiger partial charge in [-0.1, -0.05) is 360 Å². The normalized spacial score (nSPS) is 12.1. The van der Waals surface area contributed by atoms with Gasteiger partial charge in [-0.15, -0.1) is 0 Å². The van der Waals surface area contributed by atoms with Crippen LogP contribution >= 0.6 is 0 Å². The third-order valence-electron chi connectivity index (χ3n) is 16.1. The number of ether oxygens (including phenoxy) is 2. The van der Waals surface area contributed by atoms with Crippen molar-refractivity contribution < 1.29 is 24.2 Å². The van der Waals surface area contributed by atoms with E-state index in [4.69, 9.17) is 9.47 Å². The van der Waals surface area contributed by atoms with Gasteiger partial charge in [-0.25, -0.2) is 0 Å². The smallest absolute Gasteiger partial charge is 0.306 e. The Morgan fingerprint density at radius 1 is 0.297 bits per heavy atom. The summed E-state index contributed by atoms with van der Waals surface area (Å²) in [5, 5.41) is 9.68. The fourth-order valence-corrected chi connectivity index (χ4v) is 10.9. The van der Waals surface area contributed by atoms with E-state index >= 15 is 0 Å². The van der Waals surface area contributed by atoms with Gasteiger partial charge in [0.25, 0.3) is 0 Å². The molecular formula is C69H134O5. The van der Waals surface area contributed by atoms with Gasteiger partial charge in [0.1, 0.15) is 6.61 Å². The molecule has 0 aliphatic carbocycles. The topological polar surface area (TPSA) is 72.8 Å². The number of carbonyl (C=O) groups excluding carboxylic acids is 2. The zero-order chi connectivity index (χ0) is 53.4. The van der Waals surface area contributed by atoms with Crippen molar-refractivity contribution in [3.63, 3.8) is 0 Å². The molecule has 0 aromatic heterocycles. The molecule has 5 nitrogen and oxygen atoms in total. The standard InChI is InChI=1S/C69H134O5/c1-3-5-7-9-11-13-15-17-19-21-23-25-27-28-29-30-31-32-33-34-35-36-37-38-39-40-42-43-45-47-49-51-53-55-57-59-61-63-68(71)73-66-67(65-70)74-69(72)64-62-60-58-56-54-52-50-48-46-44-41-26-24-22-20-18-16-14-12-10-8-6-4-2/h22,24,67,70H,3-21,23,25-66H2,1-2H3/b24-22-. The highest BCUT2D eigenvalue weighted by Gasteiger charge is 2.16. The largest absolute Gasteiger partial charge is 0.462 e. The molecule has 0 amide bonds. The van der Waals surface area contributed by atoms with Crippen molar-refractivity contribution in [1.29, 1.82) is 0 Å². The number of carbonyl (C=O) groups is 2. The van der Waals surface area contributed by atoms with E-state index in [0.717, 1.165) is 32.1 Å². The quantitative estimate of drug-likeness (QED) is 0.0373. The van der Waals surface area contributed by atoms with E-state index in [1.165, 1.54) is 340 Å². The number of aliphatic hydroxyl groups excluding tert-OH is 1. The van der Waals surface area contributed by atoms with Crippen LogP contribution < -0.4 is 0 Å². The molecule has 0 radical (unpaired) electrons. The predicted molar refractivity (Wildman–Crippen MR) is 325 cm³/mol. The summed E-state index contributed by atoms with van der Waals surface area (Å²) in [5.74, 6) is -0.566. The maximum atomic E-state index is 12.3. The molecule has 1 N–H and O–H groups in total. The molecule has 74 heavy (non-hydrogen) atoms. The number of unbranched alkanes of at least 4 members (excludes halogenated alkanes) is 55. The maximum absolute atomic E-state index is 12.3. The summed E-state index contributed by atoms with van der Waals surface area (Å²) in [5.41, 5.74) is 0. The monoisotopic (exact) mass is 1040 g/mol. The molecule has 5 heteroatoms. The van der Waals surface area contributed by atoms with Crippen molar-refractivity contribution in [2.24, 2.45) is 0 Å². The van der Waals surface area contributed by atoms with E-state index in [9.17, 15) is 14.7 Å². The molecule has 0 aromatic rings. The van der Waals surface area contributed by atoms with Crippen molar-refractivity contribution in [3.8, 4) is 0 Å². The summed E-state index contributed by atoms with van der Waals surface area (Å²) in [7, 11) is 0. The highest BCUT2D eigenvalue weighted by atomic mass is 16.6. The highest BCUT2D eigenvalue weighted by molar-refractivity contribution is 5.70. The number of hydrogen-bond acceptors (Lipinski definition) is 5. The fraction of sp³-hybridized carbons (Fsp3) is 0.942. The van der Waals surface area contributed by atoms with Crippen LogP contribution in [0, 0.1) is 0 Å². The molecule has 0 heterocycles. The predicted octanol–water partition coefficient (Wildman–Crippen LogP) is 23.4. The second kappa shape index (κ2) is 65.9. The summed E-state index contributed by atoms with van der Waals surface area (Å²) in [6, 6.07) is 0. The third kappa shape index (κ3) is 63.2. The lowest BCUT2D eigenvalue weighted by atomic mass is 10.0. The van der Waals surface area contributed by atoms with Crippen LogP contribution in [0.2, 0.25) is 0 Å². The van der Waals surface area contributed by atoms with Crippen LogP contribution in [0.25, 0.3) is 0 Å². The van der Waals surface area contributed by atoms with Gasteiger partial charge in [0.2, 0.25) is 0 Å². The molecule has 0 bridgehead atoms. The van der Waals surface area contributed by atoms with Crippen molar-refractivity contribution in [2.75, 3.05) is 13.2 Å². The Hall–Kier alpha value is -1.36. The lowest BCUT2D eigenvalue weighted by Crippen LogP contribution is -2.28. The summed E-state index contributed by atoms with van der Waals surface area (Å²) in [4.78, 5) is 24.6. The first-order valence-corrected chi connectivity index (χ1v) is 34.2. The Labute approximate surface area is 464 Å². The Morgan fingerprint density at radius 2 is 0.500 bits per heavy atom. The van der Waals surface area contributed by atoms with Gasteiger partial charge in [-0.2, -0.15) is 0 Å². The first kappa shape index (κ1) is 72.6. The first-order valence-electron chi connectivity index (χ1n) is 34.2. The lowest BCUT2D eigenvalue weighted by Gasteiger charge is -2.15. The molecule has 0 rings (SSSR count). The number of esters is 2. The van der Waals surface area contributed by atoms with Crippen molar-refractivity contribution >= 4 is 11.9 Å². The maximum Gasteiger partial charge on any atom is 0.306 e. The average Bonchev–Trinajstić information content (AvgIpc) is 3.40. The summed E-state index contributed by atoms with van der Waals surface area (Å²) in [6.45, 7) is 4.21. The minimum absolute atomic E-state index is 0.0583. The van der Waals surface area contributed by atoms with Gasteiger partial charge in [-0.3, -0.25) is 9.59 Å². The molecule has 440 valence electrons. The molecule has 0 saturated heterocycles. The Kier molecular flexibility index (Phi) is 64.7. The Balaban J connectivity index is 3.35. The molecule has 0 aliphatic rings. The molecule has 0 aliphatic heterocycles. The summed E-state index contributed by atoms with van der Waals surface area (Å²) >= 11 is 0. The zero-order valence-corrected chi connectivity index (χ0v) is 50.7. The number of allylic oxidation sites excluding steroid dienone is 2. The fourth-order valence-electron chi connectivity index (χ4n) is 10.9. The molecule has 0 aromatic carbocycles. The molecule has 0 saturated carbocycles. The van der Waals surface area contributed by atoms with Crippen LogP contribution in [0.4, 0.5) is 0 Å². The van der Waals surface area contributed by atoms with Crippen LogP contribution in [0.1, 0.15) is 399 Å². The van der Waals surface area contributed by atoms with Crippen molar-refractivity contribution in [2.45, 2.75) is 405 Å². The van der Waals surface area contributed by atoms with Gasteiger partial charge in [0, 0.05) is 12.8 Å². The second-order valence-electron chi connectivity index (χ2n) is 23.6. The molecule has 0 fully saturated rings. The van der Waals surface area contributed by atoms with Gasteiger partial charge in [0.05, 0.1) is 6.61 Å². The van der Waals surface area contributed by atoms with Gasteiger partial charge >= 0.3 is 11.9 Å². The first-order chi connectivity index (χ1) is 36.6. The van der Waals surface area contributed by atoms with E-state index < -0.39 is 6.10 Å². The minimum Gasteiger partial charge on any atom is -0.462 e. The third-order valence-corrected chi connectivity index (χ3v) is 16.1. The van der Waals surface area contributed by atoms with Crippen LogP contribution in [-0.4, -0.2) is 36.4 Å². The van der Waals surface area contributed by atoms with E-state index in [0.29, 0.717) is 12.8 Å². The highest BCUT2D eigenvalue weighted by Crippen LogP contribution is 2.19. The molecule has 1 atom stereocenters. The Morgan fingerprint density at radius 3 is 0.730 bits per heavy atom. The molecule has 1 unspecified atom stereocenters. The average molecular weight is 1040 g/mol. The van der Waals surface area contributed by atoms with Crippen LogP contribution in [0.5, 0.6) is 0 Å². The van der Waals surface area contributed by atoms with Crippen LogP contribution in [-0.2, 0) is 19.1 Å². The van der Waals surface area contributed by atoms with E-state index in [1.54, 1.807) is 0 Å². The minimum atomic E-state index is -0.768. The van der Waals surface area contributed by atoms with E-state index in [-0.39, 0.29) is 25.2 Å². The summed E-state index contributed by atoms with van der Waals surface area (Å²) in [6.07, 6.45) is 84.0. The summed E-state index contributed by atoms with van der Waals surface area (Å²) < 4.78 is 10.8. The van der Waals surface area contributed by atoms with Gasteiger partial charge < -0.3 is 14.6 Å². The molecular weight excluding hydrogens is 909 g/mol. The van der Waals surface area contributed by atoms with Crippen LogP contribution in [0.3, 0.4) is 0 Å². The van der Waals surface area contributed by atoms with Crippen LogP contribution in [0.15, 0.2) is 12.2 Å². The molecule has 0 spiro atoms. The SMILES string of the molecule is CCCCCCCCCC/C=C\CCCCCCCCCCCCCC(=O)OC(CO)COC(=O)CCCCCCCCCCCCCCCCCCCCCCCCCCCCCCCCCCCCCCC. The van der Waals surface area contributed by atoms with Crippen molar-refractivity contribution in [1.82, 2.24) is 0 Å². The van der Waals surface area contributed by atoms with Gasteiger partial charge in [-0.05, 0) is 38.5 Å². The number of hydrogen-bond donors (Lipinski definition) is 1. The zero-order valence-electron chi connectivity index (χ0n) is 50.7. The second-order valence-corrected chi connectivity index (χ2v) is 23.6. The van der Waals surface area contributed by atoms with Gasteiger partial charge in [0.15, 0.2) is 6.10 Å². The number of rotatable bonds is 65. The van der Waals surface area contributed by atoms with E-state index in [2.05, 4.69) is 26.0 Å². The Bertz CT molecular complexity index is 1090.